The Morgan fingerprint density at radius 1 is 1.32 bits per heavy atom. The molecule has 2 saturated heterocycles. The van der Waals surface area contributed by atoms with Crippen LogP contribution in [0.4, 0.5) is 0 Å². The van der Waals surface area contributed by atoms with Crippen LogP contribution in [0.3, 0.4) is 0 Å². The standard InChI is InChI=1S/C19H28N4O2/c1-13-7-21-17(8-20-13)9-22-19(24)16-6-15-11-23(10-14-2-3-14)5-4-18(15)25-12-16/h7-8,14-16,18H,2-6,9-12H2,1H3,(H,22,24)/t15-,16-,18+/m1/s1. The third kappa shape index (κ3) is 4.36. The number of nitrogens with zero attached hydrogens (tertiary/aromatic N) is 3. The number of rotatable bonds is 5. The van der Waals surface area contributed by atoms with Crippen LogP contribution in [-0.4, -0.2) is 53.1 Å². The lowest BCUT2D eigenvalue weighted by atomic mass is 9.83. The minimum absolute atomic E-state index is 0.0412. The Morgan fingerprint density at radius 2 is 2.20 bits per heavy atom. The van der Waals surface area contributed by atoms with Crippen LogP contribution in [0.5, 0.6) is 0 Å². The number of likely N-dealkylation sites (tertiary alicyclic amines) is 1. The molecule has 25 heavy (non-hydrogen) atoms. The molecule has 1 aliphatic carbocycles. The minimum Gasteiger partial charge on any atom is -0.377 e. The number of aryl methyl sites for hydroxylation is 1. The van der Waals surface area contributed by atoms with E-state index in [1.165, 1.54) is 19.4 Å². The molecule has 1 saturated carbocycles. The molecule has 6 nitrogen and oxygen atoms in total. The van der Waals surface area contributed by atoms with Crippen molar-refractivity contribution in [2.24, 2.45) is 17.8 Å². The van der Waals surface area contributed by atoms with Gasteiger partial charge in [0.25, 0.3) is 0 Å². The second-order valence-corrected chi connectivity index (χ2v) is 7.92. The van der Waals surface area contributed by atoms with Crippen LogP contribution in [0.1, 0.15) is 37.1 Å². The van der Waals surface area contributed by atoms with Gasteiger partial charge in [0.1, 0.15) is 0 Å². The van der Waals surface area contributed by atoms with Crippen molar-refractivity contribution >= 4 is 5.91 Å². The van der Waals surface area contributed by atoms with E-state index in [0.717, 1.165) is 43.2 Å². The topological polar surface area (TPSA) is 67.3 Å². The SMILES string of the molecule is Cc1cnc(CNC(=O)[C@H]2CO[C@H]3CCN(CC4CC4)C[C@H]3C2)cn1. The molecule has 6 heteroatoms. The summed E-state index contributed by atoms with van der Waals surface area (Å²) in [5.41, 5.74) is 1.68. The fourth-order valence-electron chi connectivity index (χ4n) is 4.05. The van der Waals surface area contributed by atoms with Gasteiger partial charge in [-0.25, -0.2) is 0 Å². The smallest absolute Gasteiger partial charge is 0.225 e. The molecule has 2 aliphatic heterocycles. The number of fused-ring (bicyclic) bond motifs is 1. The predicted octanol–water partition coefficient (Wildman–Crippen LogP) is 1.54. The summed E-state index contributed by atoms with van der Waals surface area (Å²) in [6.45, 7) is 6.38. The van der Waals surface area contributed by atoms with Gasteiger partial charge >= 0.3 is 0 Å². The number of hydrogen-bond acceptors (Lipinski definition) is 5. The van der Waals surface area contributed by atoms with E-state index < -0.39 is 0 Å². The fraction of sp³-hybridized carbons (Fsp3) is 0.737. The molecular weight excluding hydrogens is 316 g/mol. The van der Waals surface area contributed by atoms with Crippen molar-refractivity contribution in [3.8, 4) is 0 Å². The van der Waals surface area contributed by atoms with Gasteiger partial charge in [0, 0.05) is 25.8 Å². The normalized spacial score (nSPS) is 29.9. The zero-order valence-electron chi connectivity index (χ0n) is 15.0. The van der Waals surface area contributed by atoms with Crippen LogP contribution < -0.4 is 5.32 Å². The number of hydrogen-bond donors (Lipinski definition) is 1. The van der Waals surface area contributed by atoms with E-state index in [-0.39, 0.29) is 11.8 Å². The molecule has 0 unspecified atom stereocenters. The predicted molar refractivity (Wildman–Crippen MR) is 93.7 cm³/mol. The molecule has 0 spiro atoms. The number of ether oxygens (including phenoxy) is 1. The average molecular weight is 344 g/mol. The molecule has 136 valence electrons. The zero-order chi connectivity index (χ0) is 17.2. The quantitative estimate of drug-likeness (QED) is 0.878. The maximum atomic E-state index is 12.5. The Hall–Kier alpha value is -1.53. The van der Waals surface area contributed by atoms with Crippen molar-refractivity contribution < 1.29 is 9.53 Å². The highest BCUT2D eigenvalue weighted by atomic mass is 16.5. The van der Waals surface area contributed by atoms with Crippen molar-refractivity contribution in [2.45, 2.75) is 45.3 Å². The van der Waals surface area contributed by atoms with Gasteiger partial charge in [0.15, 0.2) is 0 Å². The number of nitrogens with one attached hydrogen (secondary N) is 1. The highest BCUT2D eigenvalue weighted by molar-refractivity contribution is 5.78. The molecule has 1 N–H and O–H groups in total. The van der Waals surface area contributed by atoms with Gasteiger partial charge in [-0.05, 0) is 44.4 Å². The molecule has 4 rings (SSSR count). The highest BCUT2D eigenvalue weighted by Gasteiger charge is 2.39. The van der Waals surface area contributed by atoms with E-state index in [4.69, 9.17) is 4.74 Å². The maximum absolute atomic E-state index is 12.5. The van der Waals surface area contributed by atoms with Crippen LogP contribution >= 0.6 is 0 Å². The molecule has 0 aromatic carbocycles. The first kappa shape index (κ1) is 16.9. The Morgan fingerprint density at radius 3 is 2.96 bits per heavy atom. The number of piperidine rings is 1. The number of aromatic nitrogens is 2. The van der Waals surface area contributed by atoms with Crippen LogP contribution in [0.15, 0.2) is 12.4 Å². The first-order valence-corrected chi connectivity index (χ1v) is 9.56. The second kappa shape index (κ2) is 7.38. The Kier molecular flexibility index (Phi) is 4.99. The van der Waals surface area contributed by atoms with Gasteiger partial charge in [0.05, 0.1) is 42.8 Å². The van der Waals surface area contributed by atoms with Gasteiger partial charge in [-0.2, -0.15) is 0 Å². The summed E-state index contributed by atoms with van der Waals surface area (Å²) >= 11 is 0. The second-order valence-electron chi connectivity index (χ2n) is 7.92. The summed E-state index contributed by atoms with van der Waals surface area (Å²) in [4.78, 5) is 23.6. The summed E-state index contributed by atoms with van der Waals surface area (Å²) in [5, 5.41) is 3.00. The van der Waals surface area contributed by atoms with Crippen LogP contribution in [0, 0.1) is 24.7 Å². The van der Waals surface area contributed by atoms with E-state index in [1.807, 2.05) is 6.92 Å². The van der Waals surface area contributed by atoms with E-state index in [1.54, 1.807) is 12.4 Å². The van der Waals surface area contributed by atoms with Crippen molar-refractivity contribution in [1.29, 1.82) is 0 Å². The van der Waals surface area contributed by atoms with Crippen molar-refractivity contribution in [3.05, 3.63) is 23.8 Å². The molecule has 3 heterocycles. The van der Waals surface area contributed by atoms with Gasteiger partial charge in [-0.1, -0.05) is 0 Å². The largest absolute Gasteiger partial charge is 0.377 e. The number of carbonyl (C=O) groups is 1. The van der Waals surface area contributed by atoms with Crippen LogP contribution in [-0.2, 0) is 16.1 Å². The molecule has 1 aromatic rings. The Labute approximate surface area is 149 Å². The molecule has 3 atom stereocenters. The Balaban J connectivity index is 1.27. The van der Waals surface area contributed by atoms with Gasteiger partial charge in [-0.15, -0.1) is 0 Å². The lowest BCUT2D eigenvalue weighted by molar-refractivity contribution is -0.139. The van der Waals surface area contributed by atoms with Gasteiger partial charge < -0.3 is 15.0 Å². The van der Waals surface area contributed by atoms with Gasteiger partial charge in [-0.3, -0.25) is 14.8 Å². The van der Waals surface area contributed by atoms with E-state index >= 15 is 0 Å². The molecule has 1 amide bonds. The summed E-state index contributed by atoms with van der Waals surface area (Å²) in [6.07, 6.45) is 8.65. The number of carbonyl (C=O) groups excluding carboxylic acids is 1. The third-order valence-electron chi connectivity index (χ3n) is 5.71. The summed E-state index contributed by atoms with van der Waals surface area (Å²) in [5.74, 6) is 1.47. The average Bonchev–Trinajstić information content (AvgIpc) is 3.44. The first-order chi connectivity index (χ1) is 12.2. The third-order valence-corrected chi connectivity index (χ3v) is 5.71. The lowest BCUT2D eigenvalue weighted by Gasteiger charge is -2.43. The maximum Gasteiger partial charge on any atom is 0.225 e. The molecule has 0 radical (unpaired) electrons. The highest BCUT2D eigenvalue weighted by Crippen LogP contribution is 2.35. The van der Waals surface area contributed by atoms with Crippen LogP contribution in [0.25, 0.3) is 0 Å². The van der Waals surface area contributed by atoms with E-state index in [0.29, 0.717) is 25.2 Å². The molecule has 3 fully saturated rings. The van der Waals surface area contributed by atoms with Crippen LogP contribution in [0.2, 0.25) is 0 Å². The monoisotopic (exact) mass is 344 g/mol. The zero-order valence-corrected chi connectivity index (χ0v) is 15.0. The van der Waals surface area contributed by atoms with Gasteiger partial charge in [0.2, 0.25) is 5.91 Å². The summed E-state index contributed by atoms with van der Waals surface area (Å²) < 4.78 is 6.04. The summed E-state index contributed by atoms with van der Waals surface area (Å²) in [7, 11) is 0. The van der Waals surface area contributed by atoms with Crippen molar-refractivity contribution in [1.82, 2.24) is 20.2 Å². The van der Waals surface area contributed by atoms with E-state index in [2.05, 4.69) is 20.2 Å². The first-order valence-electron chi connectivity index (χ1n) is 9.56. The molecule has 3 aliphatic rings. The Bertz CT molecular complexity index is 602. The fourth-order valence-corrected chi connectivity index (χ4v) is 4.05. The molecule has 1 aromatic heterocycles. The lowest BCUT2D eigenvalue weighted by Crippen LogP contribution is -2.50. The molecule has 0 bridgehead atoms. The van der Waals surface area contributed by atoms with E-state index in [9.17, 15) is 4.79 Å². The minimum atomic E-state index is -0.0412. The number of amides is 1. The van der Waals surface area contributed by atoms with Crippen molar-refractivity contribution in [3.63, 3.8) is 0 Å². The molecular formula is C19H28N4O2. The summed E-state index contributed by atoms with van der Waals surface area (Å²) in [6, 6.07) is 0. The van der Waals surface area contributed by atoms with Crippen molar-refractivity contribution in [2.75, 3.05) is 26.2 Å².